The Bertz CT molecular complexity index is 1070. The molecule has 0 unspecified atom stereocenters. The van der Waals surface area contributed by atoms with E-state index >= 15 is 0 Å². The highest BCUT2D eigenvalue weighted by Crippen LogP contribution is 2.32. The lowest BCUT2D eigenvalue weighted by molar-refractivity contribution is -0.742. The molecule has 0 saturated carbocycles. The van der Waals surface area contributed by atoms with Crippen LogP contribution in [0.2, 0.25) is 10.0 Å². The molecule has 2 rings (SSSR count). The Kier molecular flexibility index (Phi) is 19.0. The number of pyridine rings is 2. The number of hydrogen-bond acceptors (Lipinski definition) is 12. The zero-order chi connectivity index (χ0) is 29.9. The molecule has 0 spiro atoms. The predicted molar refractivity (Wildman–Crippen MR) is 138 cm³/mol. The number of nitro groups is 1. The van der Waals surface area contributed by atoms with Gasteiger partial charge in [-0.3, -0.25) is 19.2 Å². The first-order valence-electron chi connectivity index (χ1n) is 10.3. The van der Waals surface area contributed by atoms with Crippen molar-refractivity contribution in [2.75, 3.05) is 24.7 Å². The summed E-state index contributed by atoms with van der Waals surface area (Å²) >= 11 is 11.5. The summed E-state index contributed by atoms with van der Waals surface area (Å²) < 4.78 is 42.2. The number of halogens is 2. The molecule has 216 valence electrons. The van der Waals surface area contributed by atoms with E-state index in [0.717, 1.165) is 25.7 Å². The average Bonchev–Trinajstić information content (AvgIpc) is 2.71. The highest BCUT2D eigenvalue weighted by Gasteiger charge is 2.20. The van der Waals surface area contributed by atoms with E-state index < -0.39 is 20.4 Å². The minimum atomic E-state index is -4.67. The molecule has 0 fully saturated rings. The van der Waals surface area contributed by atoms with Crippen LogP contribution in [0.25, 0.3) is 0 Å². The van der Waals surface area contributed by atoms with Crippen LogP contribution in [0.5, 0.6) is 11.8 Å². The molecule has 0 aliphatic carbocycles. The summed E-state index contributed by atoms with van der Waals surface area (Å²) in [7, 11) is -4.67. The number of nitrogens with two attached hydrogens (primary N) is 2. The van der Waals surface area contributed by atoms with E-state index in [1.54, 1.807) is 12.1 Å². The highest BCUT2D eigenvalue weighted by atomic mass is 35.5. The van der Waals surface area contributed by atoms with E-state index in [1.165, 1.54) is 6.07 Å². The van der Waals surface area contributed by atoms with E-state index in [9.17, 15) is 10.1 Å². The number of rotatable bonds is 9. The van der Waals surface area contributed by atoms with Crippen molar-refractivity contribution in [3.8, 4) is 11.8 Å². The molecule has 2 heterocycles. The fourth-order valence-electron chi connectivity index (χ4n) is 1.97. The van der Waals surface area contributed by atoms with Gasteiger partial charge in [0.2, 0.25) is 17.6 Å². The van der Waals surface area contributed by atoms with Gasteiger partial charge in [0.15, 0.2) is 0 Å². The van der Waals surface area contributed by atoms with Gasteiger partial charge in [0.1, 0.15) is 10.8 Å². The molecule has 0 aliphatic heterocycles. The number of ether oxygens (including phenoxy) is 2. The molecule has 7 N–H and O–H groups in total. The minimum Gasteiger partial charge on any atom is -0.478 e. The fraction of sp³-hybridized carbons (Fsp3) is 0.444. The summed E-state index contributed by atoms with van der Waals surface area (Å²) in [6.07, 6.45) is 3.95. The molecule has 2 aromatic heterocycles. The highest BCUT2D eigenvalue weighted by molar-refractivity contribution is 7.79. The van der Waals surface area contributed by atoms with Crippen LogP contribution in [-0.2, 0) is 10.4 Å². The van der Waals surface area contributed by atoms with Gasteiger partial charge in [-0.1, -0.05) is 49.9 Å². The van der Waals surface area contributed by atoms with Gasteiger partial charge in [-0.25, -0.2) is 0 Å². The molecule has 20 heteroatoms. The Morgan fingerprint density at radius 2 is 1.37 bits per heavy atom. The van der Waals surface area contributed by atoms with Gasteiger partial charge in [-0.05, 0) is 18.9 Å². The topological polar surface area (TPSA) is 277 Å². The second-order valence-electron chi connectivity index (χ2n) is 6.57. The molecule has 0 atom stereocenters. The third-order valence-corrected chi connectivity index (χ3v) is 3.92. The summed E-state index contributed by atoms with van der Waals surface area (Å²) in [6, 6.07) is 4.55. The third-order valence-electron chi connectivity index (χ3n) is 3.41. The van der Waals surface area contributed by atoms with E-state index in [0.29, 0.717) is 29.9 Å². The molecule has 17 nitrogen and oxygen atoms in total. The van der Waals surface area contributed by atoms with Crippen LogP contribution >= 0.6 is 23.2 Å². The molecular formula is C18H28Cl2N6O11S. The van der Waals surface area contributed by atoms with Crippen LogP contribution in [0.3, 0.4) is 0 Å². The lowest BCUT2D eigenvalue weighted by Gasteiger charge is -2.06. The third kappa shape index (κ3) is 21.8. The Labute approximate surface area is 227 Å². The largest absolute Gasteiger partial charge is 0.478 e. The van der Waals surface area contributed by atoms with Gasteiger partial charge in [0.25, 0.3) is 5.09 Å². The van der Waals surface area contributed by atoms with Crippen molar-refractivity contribution in [2.24, 2.45) is 0 Å². The lowest BCUT2D eigenvalue weighted by Crippen LogP contribution is -2.03. The number of nitrogen functional groups attached to an aromatic ring is 2. The number of nitrogens with zero attached hydrogens (tertiary/aromatic N) is 4. The van der Waals surface area contributed by atoms with Crippen molar-refractivity contribution in [2.45, 2.75) is 39.5 Å². The fourth-order valence-corrected chi connectivity index (χ4v) is 2.43. The van der Waals surface area contributed by atoms with Crippen molar-refractivity contribution in [1.82, 2.24) is 9.97 Å². The van der Waals surface area contributed by atoms with Gasteiger partial charge >= 0.3 is 16.1 Å². The Balaban J connectivity index is 0. The molecule has 0 radical (unpaired) electrons. The summed E-state index contributed by atoms with van der Waals surface area (Å²) in [5.74, 6) is 0.864. The first-order valence-corrected chi connectivity index (χ1v) is 12.5. The van der Waals surface area contributed by atoms with Crippen LogP contribution in [0.15, 0.2) is 18.2 Å². The average molecular weight is 607 g/mol. The van der Waals surface area contributed by atoms with Crippen molar-refractivity contribution >= 4 is 50.9 Å². The van der Waals surface area contributed by atoms with Crippen LogP contribution in [0.1, 0.15) is 39.5 Å². The lowest BCUT2D eigenvalue weighted by atomic mass is 10.3. The normalized spacial score (nSPS) is 9.84. The van der Waals surface area contributed by atoms with Crippen molar-refractivity contribution < 1.29 is 42.2 Å². The minimum absolute atomic E-state index is 0.0657. The SMILES string of the molecule is CCCCOc1cc(Cl)c([N+](=O)[O-])c(N)n1.CCCCOc1cc(Cl)cc(N)n1.O=S(=O)(O)O.O=[N+]([O-])O. The molecular weight excluding hydrogens is 579 g/mol. The Morgan fingerprint density at radius 3 is 1.71 bits per heavy atom. The monoisotopic (exact) mass is 606 g/mol. The molecule has 2 aromatic rings. The number of anilines is 2. The Hall–Kier alpha value is -3.45. The smallest absolute Gasteiger partial charge is 0.394 e. The van der Waals surface area contributed by atoms with Crippen molar-refractivity contribution in [3.63, 3.8) is 0 Å². The molecule has 0 aliphatic rings. The summed E-state index contributed by atoms with van der Waals surface area (Å²) in [6.45, 7) is 5.26. The Morgan fingerprint density at radius 1 is 0.947 bits per heavy atom. The van der Waals surface area contributed by atoms with Crippen LogP contribution in [0.4, 0.5) is 17.3 Å². The van der Waals surface area contributed by atoms with Gasteiger partial charge in [0.05, 0.1) is 18.1 Å². The zero-order valence-corrected chi connectivity index (χ0v) is 22.5. The van der Waals surface area contributed by atoms with E-state index in [4.69, 9.17) is 77.0 Å². The number of unbranched alkanes of at least 4 members (excludes halogenated alkanes) is 2. The van der Waals surface area contributed by atoms with Gasteiger partial charge < -0.3 is 26.1 Å². The zero-order valence-electron chi connectivity index (χ0n) is 20.2. The maximum Gasteiger partial charge on any atom is 0.394 e. The predicted octanol–water partition coefficient (Wildman–Crippen LogP) is 3.90. The van der Waals surface area contributed by atoms with E-state index in [1.807, 2.05) is 6.92 Å². The maximum absolute atomic E-state index is 10.6. The standard InChI is InChI=1S/C9H12ClN3O3.C9H13ClN2O.HNO3.H2O4S/c1-2-3-4-16-7-5-6(10)8(13(14)15)9(11)12-7;1-2-3-4-13-9-6-7(10)5-8(11)12-9;2-1(3)4;1-5(2,3)4/h5H,2-4H2,1H3,(H2,11,12);5-6H,2-4H2,1H3,(H2,11,12);(H,2,3,4);(H2,1,2,3,4). The second-order valence-corrected chi connectivity index (χ2v) is 8.31. The molecule has 0 saturated heterocycles. The molecule has 38 heavy (non-hydrogen) atoms. The van der Waals surface area contributed by atoms with E-state index in [2.05, 4.69) is 16.9 Å². The second kappa shape index (κ2) is 19.6. The first-order chi connectivity index (χ1) is 17.5. The summed E-state index contributed by atoms with van der Waals surface area (Å²) in [5.41, 5.74) is 10.5. The van der Waals surface area contributed by atoms with E-state index in [-0.39, 0.29) is 22.4 Å². The van der Waals surface area contributed by atoms with Crippen LogP contribution in [-0.4, -0.2) is 55.9 Å². The molecule has 0 aromatic carbocycles. The summed E-state index contributed by atoms with van der Waals surface area (Å²) in [5, 5.41) is 24.7. The first kappa shape index (κ1) is 36.7. The molecule has 0 bridgehead atoms. The quantitative estimate of drug-likeness (QED) is 0.117. The number of hydrogen-bond donors (Lipinski definition) is 5. The van der Waals surface area contributed by atoms with Gasteiger partial charge in [0, 0.05) is 17.2 Å². The van der Waals surface area contributed by atoms with Crippen molar-refractivity contribution in [1.29, 1.82) is 0 Å². The van der Waals surface area contributed by atoms with Gasteiger partial charge in [-0.2, -0.15) is 18.4 Å². The van der Waals surface area contributed by atoms with Gasteiger partial charge in [-0.15, -0.1) is 10.1 Å². The molecule has 0 amide bonds. The van der Waals surface area contributed by atoms with Crippen LogP contribution in [0, 0.1) is 20.2 Å². The number of aromatic nitrogens is 2. The van der Waals surface area contributed by atoms with Crippen molar-refractivity contribution in [3.05, 3.63) is 48.5 Å². The summed E-state index contributed by atoms with van der Waals surface area (Å²) in [4.78, 5) is 26.0. The maximum atomic E-state index is 10.6. The van der Waals surface area contributed by atoms with Crippen LogP contribution < -0.4 is 20.9 Å².